The van der Waals surface area contributed by atoms with Crippen LogP contribution in [0.3, 0.4) is 0 Å². The van der Waals surface area contributed by atoms with Gasteiger partial charge in [-0.15, -0.1) is 0 Å². The van der Waals surface area contributed by atoms with Crippen LogP contribution in [0.4, 0.5) is 16.3 Å². The second kappa shape index (κ2) is 7.11. The molecule has 11 heteroatoms. The number of urea groups is 1. The molecule has 1 aromatic heterocycles. The molecule has 0 fully saturated rings. The summed E-state index contributed by atoms with van der Waals surface area (Å²) in [6.07, 6.45) is 0.992. The number of amides is 2. The molecule has 120 valence electrons. The van der Waals surface area contributed by atoms with Crippen molar-refractivity contribution in [3.8, 4) is 5.88 Å². The quantitative estimate of drug-likeness (QED) is 0.305. The second-order valence-corrected chi connectivity index (χ2v) is 4.20. The highest BCUT2D eigenvalue weighted by molar-refractivity contribution is 5.91. The molecule has 0 saturated carbocycles. The fourth-order valence-corrected chi connectivity index (χ4v) is 1.69. The van der Waals surface area contributed by atoms with Crippen LogP contribution in [0, 0.1) is 10.1 Å². The van der Waals surface area contributed by atoms with Crippen LogP contribution in [0.5, 0.6) is 5.88 Å². The van der Waals surface area contributed by atoms with Crippen LogP contribution in [-0.2, 0) is 6.61 Å². The molecule has 11 nitrogen and oxygen atoms in total. The van der Waals surface area contributed by atoms with Gasteiger partial charge in [0.1, 0.15) is 12.9 Å². The molecule has 23 heavy (non-hydrogen) atoms. The van der Waals surface area contributed by atoms with Crippen molar-refractivity contribution in [3.63, 3.8) is 0 Å². The predicted octanol–water partition coefficient (Wildman–Crippen LogP) is 0.227. The van der Waals surface area contributed by atoms with Gasteiger partial charge < -0.3 is 4.74 Å². The number of rotatable bonds is 5. The van der Waals surface area contributed by atoms with E-state index in [9.17, 15) is 14.9 Å². The van der Waals surface area contributed by atoms with E-state index in [0.717, 1.165) is 11.9 Å². The second-order valence-electron chi connectivity index (χ2n) is 4.20. The number of carbonyl (C=O) groups excluding carboxylic acids is 1. The minimum atomic E-state index is -0.985. The van der Waals surface area contributed by atoms with Gasteiger partial charge in [0.05, 0.1) is 4.92 Å². The van der Waals surface area contributed by atoms with Gasteiger partial charge in [-0.25, -0.2) is 26.5 Å². The number of nitrogens with zero attached hydrogens (tertiary/aromatic N) is 4. The van der Waals surface area contributed by atoms with Gasteiger partial charge in [0.2, 0.25) is 5.82 Å². The van der Waals surface area contributed by atoms with E-state index in [1.54, 1.807) is 29.7 Å². The SMILES string of the molecule is NNC(=O)N(N)c1ncnc(OCc2ccccc2)c1[N+](=O)[O-]. The Morgan fingerprint density at radius 2 is 2.04 bits per heavy atom. The zero-order valence-corrected chi connectivity index (χ0v) is 11.7. The number of hydrogen-bond acceptors (Lipinski definition) is 8. The molecule has 0 unspecified atom stereocenters. The summed E-state index contributed by atoms with van der Waals surface area (Å²) in [5, 5.41) is 11.7. The van der Waals surface area contributed by atoms with Gasteiger partial charge in [-0.2, -0.15) is 4.98 Å². The Hall–Kier alpha value is -3.31. The number of hydrazine groups is 2. The number of ether oxygens (including phenoxy) is 1. The minimum absolute atomic E-state index is 0.0474. The molecule has 0 aliphatic rings. The van der Waals surface area contributed by atoms with Crippen LogP contribution in [0.25, 0.3) is 0 Å². The van der Waals surface area contributed by atoms with Crippen LogP contribution in [-0.4, -0.2) is 20.9 Å². The standard InChI is InChI=1S/C12H13N7O4/c13-17-12(20)18(14)10-9(19(21)22)11(16-7-15-10)23-6-8-4-2-1-3-5-8/h1-5,7H,6,13-14H2,(H,17,20). The first-order valence-corrected chi connectivity index (χ1v) is 6.26. The van der Waals surface area contributed by atoms with Crippen molar-refractivity contribution in [1.29, 1.82) is 0 Å². The van der Waals surface area contributed by atoms with Crippen molar-refractivity contribution >= 4 is 17.5 Å². The minimum Gasteiger partial charge on any atom is -0.468 e. The summed E-state index contributed by atoms with van der Waals surface area (Å²) in [7, 11) is 0. The van der Waals surface area contributed by atoms with Gasteiger partial charge in [-0.1, -0.05) is 30.3 Å². The molecule has 2 rings (SSSR count). The van der Waals surface area contributed by atoms with Crippen molar-refractivity contribution in [2.45, 2.75) is 6.61 Å². The summed E-state index contributed by atoms with van der Waals surface area (Å²) < 4.78 is 5.35. The summed E-state index contributed by atoms with van der Waals surface area (Å²) in [6, 6.07) is 8.00. The number of hydrogen-bond donors (Lipinski definition) is 3. The molecule has 0 aliphatic heterocycles. The van der Waals surface area contributed by atoms with E-state index >= 15 is 0 Å². The van der Waals surface area contributed by atoms with E-state index < -0.39 is 22.5 Å². The number of nitrogens with two attached hydrogens (primary N) is 2. The van der Waals surface area contributed by atoms with Gasteiger partial charge >= 0.3 is 11.7 Å². The third kappa shape index (κ3) is 3.66. The zero-order chi connectivity index (χ0) is 16.8. The summed E-state index contributed by atoms with van der Waals surface area (Å²) in [5.41, 5.74) is 1.88. The number of anilines is 1. The monoisotopic (exact) mass is 319 g/mol. The van der Waals surface area contributed by atoms with Gasteiger partial charge in [0.15, 0.2) is 0 Å². The molecule has 0 atom stereocenters. The van der Waals surface area contributed by atoms with Crippen LogP contribution in [0.2, 0.25) is 0 Å². The Balaban J connectivity index is 2.32. The lowest BCUT2D eigenvalue weighted by Crippen LogP contribution is -2.48. The summed E-state index contributed by atoms with van der Waals surface area (Å²) >= 11 is 0. The first kappa shape index (κ1) is 16.1. The number of benzene rings is 1. The predicted molar refractivity (Wildman–Crippen MR) is 78.8 cm³/mol. The highest BCUT2D eigenvalue weighted by atomic mass is 16.6. The van der Waals surface area contributed by atoms with E-state index in [2.05, 4.69) is 9.97 Å². The summed E-state index contributed by atoms with van der Waals surface area (Å²) in [6.45, 7) is 0.0474. The van der Waals surface area contributed by atoms with Crippen LogP contribution in [0.15, 0.2) is 36.7 Å². The lowest BCUT2D eigenvalue weighted by molar-refractivity contribution is -0.385. The third-order valence-electron chi connectivity index (χ3n) is 2.74. The Labute approximate surface area is 130 Å². The van der Waals surface area contributed by atoms with E-state index in [4.69, 9.17) is 16.4 Å². The summed E-state index contributed by atoms with van der Waals surface area (Å²) in [4.78, 5) is 29.3. The first-order valence-electron chi connectivity index (χ1n) is 6.26. The maximum absolute atomic E-state index is 11.4. The number of nitro groups is 1. The lowest BCUT2D eigenvalue weighted by Gasteiger charge is -2.15. The molecule has 1 heterocycles. The Bertz CT molecular complexity index is 710. The van der Waals surface area contributed by atoms with E-state index in [1.807, 2.05) is 6.07 Å². The smallest absolute Gasteiger partial charge is 0.374 e. The third-order valence-corrected chi connectivity index (χ3v) is 2.74. The molecular formula is C12H13N7O4. The Kier molecular flexibility index (Phi) is 4.96. The molecule has 2 amide bonds. The van der Waals surface area contributed by atoms with Gasteiger partial charge in [-0.05, 0) is 5.56 Å². The Morgan fingerprint density at radius 3 is 2.65 bits per heavy atom. The molecule has 2 aromatic rings. The van der Waals surface area contributed by atoms with Crippen molar-refractivity contribution in [3.05, 3.63) is 52.3 Å². The fourth-order valence-electron chi connectivity index (χ4n) is 1.69. The molecule has 0 aliphatic carbocycles. The molecule has 0 spiro atoms. The number of nitrogens with one attached hydrogen (secondary N) is 1. The lowest BCUT2D eigenvalue weighted by atomic mass is 10.2. The van der Waals surface area contributed by atoms with Gasteiger partial charge in [0.25, 0.3) is 5.88 Å². The maximum Gasteiger partial charge on any atom is 0.374 e. The topological polar surface area (TPSA) is 163 Å². The van der Waals surface area contributed by atoms with Gasteiger partial charge in [0, 0.05) is 0 Å². The zero-order valence-electron chi connectivity index (χ0n) is 11.7. The summed E-state index contributed by atoms with van der Waals surface area (Å²) in [5.74, 6) is 9.63. The maximum atomic E-state index is 11.4. The average Bonchev–Trinajstić information content (AvgIpc) is 2.58. The highest BCUT2D eigenvalue weighted by Gasteiger charge is 2.30. The Morgan fingerprint density at radius 1 is 1.35 bits per heavy atom. The molecule has 5 N–H and O–H groups in total. The van der Waals surface area contributed by atoms with Crippen LogP contribution in [0.1, 0.15) is 5.56 Å². The van der Waals surface area contributed by atoms with Crippen molar-refractivity contribution in [2.24, 2.45) is 11.7 Å². The normalized spacial score (nSPS) is 10.0. The molecular weight excluding hydrogens is 306 g/mol. The van der Waals surface area contributed by atoms with Crippen LogP contribution < -0.4 is 26.9 Å². The largest absolute Gasteiger partial charge is 0.468 e. The van der Waals surface area contributed by atoms with Crippen LogP contribution >= 0.6 is 0 Å². The van der Waals surface area contributed by atoms with Crippen molar-refractivity contribution in [1.82, 2.24) is 15.4 Å². The number of carbonyl (C=O) groups is 1. The fraction of sp³-hybridized carbons (Fsp3) is 0.0833. The molecule has 1 aromatic carbocycles. The van der Waals surface area contributed by atoms with E-state index in [-0.39, 0.29) is 12.5 Å². The van der Waals surface area contributed by atoms with Gasteiger partial charge in [-0.3, -0.25) is 15.5 Å². The van der Waals surface area contributed by atoms with E-state index in [1.165, 1.54) is 0 Å². The molecule has 0 radical (unpaired) electrons. The van der Waals surface area contributed by atoms with E-state index in [0.29, 0.717) is 5.01 Å². The molecule has 0 saturated heterocycles. The molecule has 0 bridgehead atoms. The number of aromatic nitrogens is 2. The van der Waals surface area contributed by atoms with Crippen molar-refractivity contribution in [2.75, 3.05) is 5.01 Å². The first-order chi connectivity index (χ1) is 11.0. The highest BCUT2D eigenvalue weighted by Crippen LogP contribution is 2.32. The average molecular weight is 319 g/mol. The van der Waals surface area contributed by atoms with Crippen molar-refractivity contribution < 1.29 is 14.5 Å².